The highest BCUT2D eigenvalue weighted by Crippen LogP contribution is 2.33. The first-order valence-corrected chi connectivity index (χ1v) is 6.23. The van der Waals surface area contributed by atoms with Crippen molar-refractivity contribution in [1.82, 2.24) is 0 Å². The van der Waals surface area contributed by atoms with Gasteiger partial charge in [0.05, 0.1) is 5.60 Å². The minimum atomic E-state index is -2.16. The first kappa shape index (κ1) is 15.0. The van der Waals surface area contributed by atoms with E-state index in [0.29, 0.717) is 12.8 Å². The van der Waals surface area contributed by atoms with Gasteiger partial charge in [0.2, 0.25) is 5.82 Å². The van der Waals surface area contributed by atoms with Crippen LogP contribution < -0.4 is 4.90 Å². The van der Waals surface area contributed by atoms with Gasteiger partial charge in [-0.3, -0.25) is 0 Å². The van der Waals surface area contributed by atoms with E-state index in [9.17, 15) is 27.1 Å². The lowest BCUT2D eigenvalue weighted by Crippen LogP contribution is -2.30. The first-order chi connectivity index (χ1) is 9.24. The summed E-state index contributed by atoms with van der Waals surface area (Å²) >= 11 is 0. The molecular formula is C13H14F5NO. The maximum Gasteiger partial charge on any atom is 0.200 e. The standard InChI is InChI=1S/C13H14F5NO/c1-13(20)3-2-5-19(6-4-13)12-10(17)8(15)7(14)9(16)11(12)18/h20H,2-6H2,1H3. The molecule has 2 nitrogen and oxygen atoms in total. The van der Waals surface area contributed by atoms with Crippen LogP contribution in [-0.2, 0) is 0 Å². The van der Waals surface area contributed by atoms with Crippen LogP contribution in [0.2, 0.25) is 0 Å². The summed E-state index contributed by atoms with van der Waals surface area (Å²) in [6.45, 7) is 1.72. The van der Waals surface area contributed by atoms with E-state index in [1.54, 1.807) is 6.92 Å². The highest BCUT2D eigenvalue weighted by Gasteiger charge is 2.32. The zero-order chi connectivity index (χ0) is 15.1. The number of benzene rings is 1. The van der Waals surface area contributed by atoms with Crippen molar-refractivity contribution in [2.75, 3.05) is 18.0 Å². The number of aliphatic hydroxyl groups is 1. The lowest BCUT2D eigenvalue weighted by Gasteiger charge is -2.25. The molecular weight excluding hydrogens is 281 g/mol. The minimum Gasteiger partial charge on any atom is -0.390 e. The number of nitrogens with zero attached hydrogens (tertiary/aromatic N) is 1. The van der Waals surface area contributed by atoms with E-state index in [4.69, 9.17) is 0 Å². The van der Waals surface area contributed by atoms with E-state index in [1.807, 2.05) is 0 Å². The fraction of sp³-hybridized carbons (Fsp3) is 0.538. The van der Waals surface area contributed by atoms with Crippen molar-refractivity contribution in [3.8, 4) is 0 Å². The molecule has 1 aliphatic rings. The molecule has 1 atom stereocenters. The normalized spacial score (nSPS) is 23.9. The third-order valence-electron chi connectivity index (χ3n) is 3.57. The molecule has 0 aliphatic carbocycles. The van der Waals surface area contributed by atoms with Crippen molar-refractivity contribution in [3.05, 3.63) is 29.1 Å². The van der Waals surface area contributed by atoms with Gasteiger partial charge in [-0.1, -0.05) is 0 Å². The van der Waals surface area contributed by atoms with Gasteiger partial charge in [0.15, 0.2) is 23.3 Å². The summed E-state index contributed by atoms with van der Waals surface area (Å²) in [6, 6.07) is 0. The molecule has 0 bridgehead atoms. The van der Waals surface area contributed by atoms with E-state index in [0.717, 1.165) is 4.90 Å². The molecule has 0 saturated carbocycles. The summed E-state index contributed by atoms with van der Waals surface area (Å²) in [7, 11) is 0. The predicted molar refractivity (Wildman–Crippen MR) is 62.9 cm³/mol. The molecule has 1 aromatic rings. The third kappa shape index (κ3) is 2.59. The van der Waals surface area contributed by atoms with E-state index in [-0.39, 0.29) is 19.5 Å². The zero-order valence-electron chi connectivity index (χ0n) is 10.8. The van der Waals surface area contributed by atoms with Crippen molar-refractivity contribution in [3.63, 3.8) is 0 Å². The topological polar surface area (TPSA) is 23.5 Å². The van der Waals surface area contributed by atoms with Gasteiger partial charge in [-0.2, -0.15) is 0 Å². The molecule has 1 aromatic carbocycles. The van der Waals surface area contributed by atoms with Gasteiger partial charge in [0.25, 0.3) is 0 Å². The van der Waals surface area contributed by atoms with Crippen LogP contribution in [0, 0.1) is 29.1 Å². The van der Waals surface area contributed by atoms with E-state index in [2.05, 4.69) is 0 Å². The summed E-state index contributed by atoms with van der Waals surface area (Å²) in [4.78, 5) is 1.09. The quantitative estimate of drug-likeness (QED) is 0.489. The summed E-state index contributed by atoms with van der Waals surface area (Å²) in [5.74, 6) is -9.72. The van der Waals surface area contributed by atoms with Crippen LogP contribution in [0.15, 0.2) is 0 Å². The number of halogens is 5. The van der Waals surface area contributed by atoms with Crippen molar-refractivity contribution < 1.29 is 27.1 Å². The molecule has 1 N–H and O–H groups in total. The monoisotopic (exact) mass is 295 g/mol. The van der Waals surface area contributed by atoms with E-state index >= 15 is 0 Å². The minimum absolute atomic E-state index is 0.0192. The van der Waals surface area contributed by atoms with Crippen LogP contribution in [0.1, 0.15) is 26.2 Å². The summed E-state index contributed by atoms with van der Waals surface area (Å²) in [5.41, 5.74) is -1.92. The molecule has 1 aliphatic heterocycles. The van der Waals surface area contributed by atoms with Gasteiger partial charge in [0, 0.05) is 13.1 Å². The Balaban J connectivity index is 2.43. The Morgan fingerprint density at radius 2 is 1.35 bits per heavy atom. The fourth-order valence-electron chi connectivity index (χ4n) is 2.36. The predicted octanol–water partition coefficient (Wildman–Crippen LogP) is 3.12. The van der Waals surface area contributed by atoms with Gasteiger partial charge in [-0.15, -0.1) is 0 Å². The molecule has 0 amide bonds. The van der Waals surface area contributed by atoms with Crippen LogP contribution in [0.25, 0.3) is 0 Å². The van der Waals surface area contributed by atoms with Crippen LogP contribution >= 0.6 is 0 Å². The largest absolute Gasteiger partial charge is 0.390 e. The summed E-state index contributed by atoms with van der Waals surface area (Å²) < 4.78 is 66.7. The Labute approximate surface area is 112 Å². The number of anilines is 1. The second-order valence-corrected chi connectivity index (χ2v) is 5.26. The fourth-order valence-corrected chi connectivity index (χ4v) is 2.36. The van der Waals surface area contributed by atoms with Crippen LogP contribution in [0.5, 0.6) is 0 Å². The number of rotatable bonds is 1. The molecule has 1 fully saturated rings. The van der Waals surface area contributed by atoms with E-state index in [1.165, 1.54) is 0 Å². The molecule has 7 heteroatoms. The van der Waals surface area contributed by atoms with Gasteiger partial charge in [-0.25, -0.2) is 22.0 Å². The van der Waals surface area contributed by atoms with Gasteiger partial charge in [0.1, 0.15) is 5.69 Å². The molecule has 1 saturated heterocycles. The van der Waals surface area contributed by atoms with Crippen LogP contribution in [0.4, 0.5) is 27.6 Å². The second kappa shape index (κ2) is 5.20. The molecule has 2 rings (SSSR count). The summed E-state index contributed by atoms with van der Waals surface area (Å²) in [5, 5.41) is 9.89. The molecule has 1 heterocycles. The first-order valence-electron chi connectivity index (χ1n) is 6.23. The molecule has 1 unspecified atom stereocenters. The average Bonchev–Trinajstić information content (AvgIpc) is 2.56. The van der Waals surface area contributed by atoms with Crippen molar-refractivity contribution in [1.29, 1.82) is 0 Å². The third-order valence-corrected chi connectivity index (χ3v) is 3.57. The van der Waals surface area contributed by atoms with Crippen LogP contribution in [-0.4, -0.2) is 23.8 Å². The average molecular weight is 295 g/mol. The Hall–Kier alpha value is -1.37. The molecule has 0 radical (unpaired) electrons. The van der Waals surface area contributed by atoms with Crippen molar-refractivity contribution >= 4 is 5.69 Å². The number of hydrogen-bond acceptors (Lipinski definition) is 2. The van der Waals surface area contributed by atoms with Gasteiger partial charge in [-0.05, 0) is 26.2 Å². The smallest absolute Gasteiger partial charge is 0.200 e. The lowest BCUT2D eigenvalue weighted by molar-refractivity contribution is 0.0481. The van der Waals surface area contributed by atoms with E-state index < -0.39 is 40.4 Å². The number of hydrogen-bond donors (Lipinski definition) is 1. The zero-order valence-corrected chi connectivity index (χ0v) is 10.8. The Bertz CT molecular complexity index is 503. The molecule has 0 aromatic heterocycles. The van der Waals surface area contributed by atoms with Crippen molar-refractivity contribution in [2.24, 2.45) is 0 Å². The SMILES string of the molecule is CC1(O)CCCN(c2c(F)c(F)c(F)c(F)c2F)CC1. The maximum absolute atomic E-state index is 13.7. The van der Waals surface area contributed by atoms with Gasteiger partial charge >= 0.3 is 0 Å². The highest BCUT2D eigenvalue weighted by atomic mass is 19.2. The Morgan fingerprint density at radius 1 is 0.850 bits per heavy atom. The maximum atomic E-state index is 13.7. The highest BCUT2D eigenvalue weighted by molar-refractivity contribution is 5.50. The Morgan fingerprint density at radius 3 is 1.90 bits per heavy atom. The lowest BCUT2D eigenvalue weighted by atomic mass is 9.98. The molecule has 112 valence electrons. The summed E-state index contributed by atoms with van der Waals surface area (Å²) in [6.07, 6.45) is 0.984. The van der Waals surface area contributed by atoms with Crippen LogP contribution in [0.3, 0.4) is 0 Å². The molecule has 20 heavy (non-hydrogen) atoms. The molecule has 0 spiro atoms. The van der Waals surface area contributed by atoms with Crippen molar-refractivity contribution in [2.45, 2.75) is 31.8 Å². The van der Waals surface area contributed by atoms with Gasteiger partial charge < -0.3 is 10.0 Å². The Kier molecular flexibility index (Phi) is 3.90. The second-order valence-electron chi connectivity index (χ2n) is 5.26.